The average Bonchev–Trinajstić information content (AvgIpc) is 3.13. The van der Waals surface area contributed by atoms with Crippen LogP contribution in [0.1, 0.15) is 0 Å². The van der Waals surface area contributed by atoms with Gasteiger partial charge >= 0.3 is 11.9 Å². The molecule has 0 aliphatic carbocycles. The van der Waals surface area contributed by atoms with E-state index in [9.17, 15) is 14.0 Å². The van der Waals surface area contributed by atoms with Gasteiger partial charge in [-0.2, -0.15) is 25.6 Å². The zero-order chi connectivity index (χ0) is 35.0. The van der Waals surface area contributed by atoms with E-state index in [4.69, 9.17) is 9.47 Å². The fourth-order valence-corrected chi connectivity index (χ4v) is 4.06. The predicted octanol–water partition coefficient (Wildman–Crippen LogP) is 9.40. The van der Waals surface area contributed by atoms with E-state index in [0.717, 1.165) is 23.5 Å². The van der Waals surface area contributed by atoms with E-state index in [2.05, 4.69) is 43.8 Å². The molecule has 0 amide bonds. The van der Waals surface area contributed by atoms with Crippen LogP contribution in [0.4, 0.5) is 49.9 Å². The molecule has 0 heterocycles. The van der Waals surface area contributed by atoms with Gasteiger partial charge in [-0.1, -0.05) is 13.2 Å². The molecule has 0 radical (unpaired) electrons. The molecule has 0 aromatic heterocycles. The summed E-state index contributed by atoms with van der Waals surface area (Å²) in [5, 5.41) is 25.0. The Kier molecular flexibility index (Phi) is 13.1. The van der Waals surface area contributed by atoms with Crippen molar-refractivity contribution in [2.24, 2.45) is 30.7 Å². The highest BCUT2D eigenvalue weighted by molar-refractivity contribution is 5.81. The maximum absolute atomic E-state index is 14.7. The van der Waals surface area contributed by atoms with Crippen LogP contribution in [0.15, 0.2) is 147 Å². The van der Waals surface area contributed by atoms with E-state index in [0.29, 0.717) is 41.5 Å². The summed E-state index contributed by atoms with van der Waals surface area (Å²) in [6, 6.07) is 25.9. The van der Waals surface area contributed by atoms with Gasteiger partial charge < -0.3 is 19.3 Å². The molecule has 0 atom stereocenters. The Morgan fingerprint density at radius 1 is 0.592 bits per heavy atom. The van der Waals surface area contributed by atoms with Crippen molar-refractivity contribution in [3.63, 3.8) is 0 Å². The van der Waals surface area contributed by atoms with Crippen LogP contribution in [-0.2, 0) is 19.1 Å². The number of hydrogen-bond donors (Lipinski definition) is 0. The Balaban J connectivity index is 1.27. The Hall–Kier alpha value is -6.37. The van der Waals surface area contributed by atoms with Crippen molar-refractivity contribution >= 4 is 57.4 Å². The quantitative estimate of drug-likeness (QED) is 0.0667. The summed E-state index contributed by atoms with van der Waals surface area (Å²) in [6.07, 6.45) is 2.26. The number of halogens is 1. The average molecular weight is 663 g/mol. The summed E-state index contributed by atoms with van der Waals surface area (Å²) in [5.41, 5.74) is 4.60. The number of azo groups is 3. The topological polar surface area (TPSA) is 133 Å². The first-order chi connectivity index (χ1) is 23.7. The fraction of sp³-hybridized carbons (Fsp3) is 0.167. The van der Waals surface area contributed by atoms with E-state index in [-0.39, 0.29) is 18.9 Å². The molecule has 0 saturated carbocycles. The monoisotopic (exact) mass is 662 g/mol. The first-order valence-electron chi connectivity index (χ1n) is 15.1. The molecular weight excluding hydrogens is 627 g/mol. The number of likely N-dealkylation sites (N-methyl/N-ethyl adjacent to an activating group) is 2. The minimum atomic E-state index is -0.590. The maximum atomic E-state index is 14.7. The minimum absolute atomic E-state index is 0.0562. The van der Waals surface area contributed by atoms with Gasteiger partial charge in [0.25, 0.3) is 0 Å². The lowest BCUT2D eigenvalue weighted by atomic mass is 10.2. The number of hydrogen-bond acceptors (Lipinski definition) is 12. The normalized spacial score (nSPS) is 11.2. The van der Waals surface area contributed by atoms with E-state index in [1.165, 1.54) is 12.1 Å². The van der Waals surface area contributed by atoms with Gasteiger partial charge in [0.2, 0.25) is 0 Å². The molecule has 0 aliphatic heterocycles. The van der Waals surface area contributed by atoms with Gasteiger partial charge in [0.15, 0.2) is 5.82 Å². The van der Waals surface area contributed by atoms with Crippen LogP contribution < -0.4 is 9.80 Å². The van der Waals surface area contributed by atoms with Crippen LogP contribution in [0.5, 0.6) is 0 Å². The van der Waals surface area contributed by atoms with Crippen molar-refractivity contribution in [3.8, 4) is 0 Å². The van der Waals surface area contributed by atoms with Gasteiger partial charge in [0.05, 0.1) is 41.5 Å². The molecule has 250 valence electrons. The number of nitrogens with zero attached hydrogens (tertiary/aromatic N) is 8. The second-order valence-electron chi connectivity index (χ2n) is 10.4. The van der Waals surface area contributed by atoms with Crippen molar-refractivity contribution < 1.29 is 23.5 Å². The van der Waals surface area contributed by atoms with E-state index >= 15 is 0 Å². The number of esters is 2. The SMILES string of the molecule is C=CC(=O)OCCN(C)c1ccc(N=Nc2ccc(N=Nc3ccc(N=Nc4ccc(N(C)CCOC(=O)C=C)cc4)cc3F)cc2)cc1. The van der Waals surface area contributed by atoms with Gasteiger partial charge in [-0.05, 0) is 84.9 Å². The summed E-state index contributed by atoms with van der Waals surface area (Å²) in [6.45, 7) is 8.28. The summed E-state index contributed by atoms with van der Waals surface area (Å²) in [4.78, 5) is 26.2. The number of anilines is 2. The third-order valence-corrected chi connectivity index (χ3v) is 6.87. The number of rotatable bonds is 16. The zero-order valence-corrected chi connectivity index (χ0v) is 27.1. The van der Waals surface area contributed by atoms with Gasteiger partial charge in [0.1, 0.15) is 18.9 Å². The van der Waals surface area contributed by atoms with E-state index in [1.54, 1.807) is 42.5 Å². The van der Waals surface area contributed by atoms with Crippen molar-refractivity contribution in [1.82, 2.24) is 0 Å². The molecule has 0 unspecified atom stereocenters. The second-order valence-corrected chi connectivity index (χ2v) is 10.4. The van der Waals surface area contributed by atoms with E-state index in [1.807, 2.05) is 60.3 Å². The van der Waals surface area contributed by atoms with Crippen molar-refractivity contribution in [2.75, 3.05) is 50.2 Å². The lowest BCUT2D eigenvalue weighted by Gasteiger charge is -2.18. The molecule has 0 saturated heterocycles. The van der Waals surface area contributed by atoms with Crippen LogP contribution in [0, 0.1) is 5.82 Å². The fourth-order valence-electron chi connectivity index (χ4n) is 4.06. The molecule has 12 nitrogen and oxygen atoms in total. The van der Waals surface area contributed by atoms with Crippen molar-refractivity contribution in [3.05, 3.63) is 122 Å². The highest BCUT2D eigenvalue weighted by atomic mass is 19.1. The van der Waals surface area contributed by atoms with E-state index < -0.39 is 17.8 Å². The van der Waals surface area contributed by atoms with Crippen LogP contribution >= 0.6 is 0 Å². The molecule has 0 bridgehead atoms. The predicted molar refractivity (Wildman–Crippen MR) is 187 cm³/mol. The lowest BCUT2D eigenvalue weighted by Crippen LogP contribution is -2.23. The summed E-state index contributed by atoms with van der Waals surface area (Å²) >= 11 is 0. The summed E-state index contributed by atoms with van der Waals surface area (Å²) < 4.78 is 24.8. The molecular formula is C36H35FN8O4. The number of ether oxygens (including phenoxy) is 2. The lowest BCUT2D eigenvalue weighted by molar-refractivity contribution is -0.138. The third kappa shape index (κ3) is 11.4. The molecule has 0 spiro atoms. The third-order valence-electron chi connectivity index (χ3n) is 6.87. The smallest absolute Gasteiger partial charge is 0.330 e. The number of carbonyl (C=O) groups excluding carboxylic acids is 2. The van der Waals surface area contributed by atoms with Gasteiger partial charge in [-0.15, -0.1) is 5.11 Å². The Morgan fingerprint density at radius 2 is 0.939 bits per heavy atom. The van der Waals surface area contributed by atoms with Crippen LogP contribution in [0.2, 0.25) is 0 Å². The molecule has 4 aromatic carbocycles. The summed E-state index contributed by atoms with van der Waals surface area (Å²) in [5.74, 6) is -1.50. The molecule has 0 fully saturated rings. The molecule has 0 N–H and O–H groups in total. The van der Waals surface area contributed by atoms with Crippen LogP contribution in [0.3, 0.4) is 0 Å². The Bertz CT molecular complexity index is 1830. The molecule has 13 heteroatoms. The molecule has 4 aromatic rings. The standard InChI is InChI=1S/C36H35FN8O4/c1-5-35(46)48-23-21-44(3)31-16-11-28(12-17-31)39-38-26-7-9-27(10-8-26)41-43-34-20-15-30(25-33(34)37)42-40-29-13-18-32(19-14-29)45(4)22-24-49-36(47)6-2/h5-20,25H,1-2,21-24H2,3-4H3. The van der Waals surface area contributed by atoms with Gasteiger partial charge in [-0.25, -0.2) is 14.0 Å². The van der Waals surface area contributed by atoms with Crippen molar-refractivity contribution in [1.29, 1.82) is 0 Å². The van der Waals surface area contributed by atoms with Crippen LogP contribution in [0.25, 0.3) is 0 Å². The van der Waals surface area contributed by atoms with Gasteiger partial charge in [-0.3, -0.25) is 0 Å². The molecule has 4 rings (SSSR count). The zero-order valence-electron chi connectivity index (χ0n) is 27.1. The van der Waals surface area contributed by atoms with Crippen molar-refractivity contribution in [2.45, 2.75) is 0 Å². The van der Waals surface area contributed by atoms with Crippen LogP contribution in [-0.4, -0.2) is 52.3 Å². The molecule has 0 aliphatic rings. The first-order valence-corrected chi connectivity index (χ1v) is 15.1. The highest BCUT2D eigenvalue weighted by Crippen LogP contribution is 2.29. The number of benzene rings is 4. The maximum Gasteiger partial charge on any atom is 0.330 e. The first kappa shape index (κ1) is 35.5. The largest absolute Gasteiger partial charge is 0.461 e. The Morgan fingerprint density at radius 3 is 1.33 bits per heavy atom. The Labute approximate surface area is 283 Å². The van der Waals surface area contributed by atoms with Gasteiger partial charge in [0, 0.05) is 43.7 Å². The highest BCUT2D eigenvalue weighted by Gasteiger charge is 2.06. The summed E-state index contributed by atoms with van der Waals surface area (Å²) in [7, 11) is 3.77. The second kappa shape index (κ2) is 18.1. The molecule has 49 heavy (non-hydrogen) atoms. The number of carbonyl (C=O) groups is 2. The minimum Gasteiger partial charge on any atom is -0.461 e.